The Morgan fingerprint density at radius 3 is 2.14 bits per heavy atom. The van der Waals surface area contributed by atoms with Crippen molar-refractivity contribution in [1.29, 1.82) is 0 Å². The zero-order valence-corrected chi connectivity index (χ0v) is 11.0. The molecule has 0 fully saturated rings. The van der Waals surface area contributed by atoms with Gasteiger partial charge in [0.15, 0.2) is 0 Å². The van der Waals surface area contributed by atoms with Crippen molar-refractivity contribution in [2.45, 2.75) is 52.7 Å². The van der Waals surface area contributed by atoms with Gasteiger partial charge >= 0.3 is 0 Å². The molecule has 0 rings (SSSR count). The van der Waals surface area contributed by atoms with Gasteiger partial charge in [-0.1, -0.05) is 27.7 Å². The first-order valence-electron chi connectivity index (χ1n) is 5.55. The van der Waals surface area contributed by atoms with E-state index in [1.54, 1.807) is 6.92 Å². The first-order valence-corrected chi connectivity index (χ1v) is 6.60. The second kappa shape index (κ2) is 7.33. The molecule has 1 nitrogen and oxygen atoms in total. The van der Waals surface area contributed by atoms with Crippen molar-refractivity contribution >= 4 is 17.5 Å². The lowest BCUT2D eigenvalue weighted by Gasteiger charge is -2.16. The van der Waals surface area contributed by atoms with E-state index in [-0.39, 0.29) is 0 Å². The van der Waals surface area contributed by atoms with Crippen LogP contribution in [0.4, 0.5) is 0 Å². The van der Waals surface area contributed by atoms with E-state index < -0.39 is 0 Å². The Hall–Kier alpha value is 0.0200. The van der Waals surface area contributed by atoms with Gasteiger partial charge in [0.1, 0.15) is 5.78 Å². The fourth-order valence-electron chi connectivity index (χ4n) is 1.50. The molecule has 0 aromatic carbocycles. The van der Waals surface area contributed by atoms with Crippen LogP contribution in [0.25, 0.3) is 0 Å². The molecular formula is C12H24OS. The maximum Gasteiger partial charge on any atom is 0.132 e. The normalized spacial score (nSPS) is 13.6. The van der Waals surface area contributed by atoms with Crippen molar-refractivity contribution in [2.75, 3.05) is 5.75 Å². The number of ketones is 1. The lowest BCUT2D eigenvalue weighted by Crippen LogP contribution is -2.14. The van der Waals surface area contributed by atoms with E-state index in [0.29, 0.717) is 22.9 Å². The Morgan fingerprint density at radius 2 is 1.79 bits per heavy atom. The highest BCUT2D eigenvalue weighted by Gasteiger charge is 2.15. The summed E-state index contributed by atoms with van der Waals surface area (Å²) in [5, 5.41) is 0.682. The third-order valence-electron chi connectivity index (χ3n) is 2.25. The van der Waals surface area contributed by atoms with Gasteiger partial charge in [-0.25, -0.2) is 0 Å². The predicted octanol–water partition coefficient (Wildman–Crippen LogP) is 3.77. The molecule has 1 atom stereocenters. The molecule has 0 spiro atoms. The fourth-order valence-corrected chi connectivity index (χ4v) is 2.39. The van der Waals surface area contributed by atoms with Crippen molar-refractivity contribution in [3.8, 4) is 0 Å². The van der Waals surface area contributed by atoms with Crippen LogP contribution in [0.5, 0.6) is 0 Å². The van der Waals surface area contributed by atoms with Crippen LogP contribution in [0.2, 0.25) is 0 Å². The molecule has 84 valence electrons. The van der Waals surface area contributed by atoms with Crippen molar-refractivity contribution in [3.63, 3.8) is 0 Å². The summed E-state index contributed by atoms with van der Waals surface area (Å²) in [6, 6.07) is 0. The third-order valence-corrected chi connectivity index (χ3v) is 3.39. The maximum atomic E-state index is 11.3. The summed E-state index contributed by atoms with van der Waals surface area (Å²) in [6.07, 6.45) is 2.10. The van der Waals surface area contributed by atoms with E-state index >= 15 is 0 Å². The quantitative estimate of drug-likeness (QED) is 0.644. The highest BCUT2D eigenvalue weighted by atomic mass is 32.2. The summed E-state index contributed by atoms with van der Waals surface area (Å²) in [6.45, 7) is 10.5. The highest BCUT2D eigenvalue weighted by molar-refractivity contribution is 7.99. The number of rotatable bonds is 7. The van der Waals surface area contributed by atoms with E-state index in [1.165, 1.54) is 0 Å². The third kappa shape index (κ3) is 7.43. The summed E-state index contributed by atoms with van der Waals surface area (Å²) >= 11 is 1.95. The minimum atomic E-state index is 0.293. The number of thioether (sulfide) groups is 1. The molecule has 1 unspecified atom stereocenters. The van der Waals surface area contributed by atoms with E-state index in [0.717, 1.165) is 18.6 Å². The minimum absolute atomic E-state index is 0.293. The van der Waals surface area contributed by atoms with Crippen molar-refractivity contribution in [3.05, 3.63) is 0 Å². The van der Waals surface area contributed by atoms with E-state index in [4.69, 9.17) is 0 Å². The standard InChI is InChI=1S/C12H24OS/c1-9(2)8-12(11(5)13)6-7-14-10(3)4/h9-10,12H,6-8H2,1-5H3. The first kappa shape index (κ1) is 14.0. The van der Waals surface area contributed by atoms with Gasteiger partial charge < -0.3 is 0 Å². The molecule has 2 heteroatoms. The van der Waals surface area contributed by atoms with Gasteiger partial charge in [0, 0.05) is 5.92 Å². The van der Waals surface area contributed by atoms with Crippen LogP contribution < -0.4 is 0 Å². The summed E-state index contributed by atoms with van der Waals surface area (Å²) in [5.41, 5.74) is 0. The molecule has 0 aliphatic heterocycles. The van der Waals surface area contributed by atoms with Gasteiger partial charge in [0.25, 0.3) is 0 Å². The topological polar surface area (TPSA) is 17.1 Å². The van der Waals surface area contributed by atoms with Gasteiger partial charge in [0.05, 0.1) is 0 Å². The molecule has 0 saturated carbocycles. The van der Waals surface area contributed by atoms with Crippen LogP contribution in [0, 0.1) is 11.8 Å². The summed E-state index contributed by atoms with van der Waals surface area (Å²) in [4.78, 5) is 11.3. The van der Waals surface area contributed by atoms with E-state index in [9.17, 15) is 4.79 Å². The number of carbonyl (C=O) groups excluding carboxylic acids is 1. The Balaban J connectivity index is 3.80. The van der Waals surface area contributed by atoms with Crippen molar-refractivity contribution in [2.24, 2.45) is 11.8 Å². The number of Topliss-reactive ketones (excluding diaryl/α,β-unsaturated/α-hetero) is 1. The number of hydrogen-bond donors (Lipinski definition) is 0. The molecule has 0 radical (unpaired) electrons. The summed E-state index contributed by atoms with van der Waals surface area (Å²) in [5.74, 6) is 2.41. The second-order valence-corrected chi connectivity index (χ2v) is 6.33. The first-order chi connectivity index (χ1) is 6.43. The van der Waals surface area contributed by atoms with Crippen LogP contribution in [0.1, 0.15) is 47.5 Å². The van der Waals surface area contributed by atoms with Crippen molar-refractivity contribution < 1.29 is 4.79 Å². The van der Waals surface area contributed by atoms with Crippen LogP contribution in [-0.2, 0) is 4.79 Å². The Morgan fingerprint density at radius 1 is 1.21 bits per heavy atom. The Kier molecular flexibility index (Phi) is 7.34. The smallest absolute Gasteiger partial charge is 0.132 e. The average molecular weight is 216 g/mol. The molecule has 0 bridgehead atoms. The van der Waals surface area contributed by atoms with Gasteiger partial charge in [-0.3, -0.25) is 4.79 Å². The lowest BCUT2D eigenvalue weighted by atomic mass is 9.92. The molecule has 0 aliphatic carbocycles. The number of hydrogen-bond acceptors (Lipinski definition) is 2. The van der Waals surface area contributed by atoms with Gasteiger partial charge in [0.2, 0.25) is 0 Å². The largest absolute Gasteiger partial charge is 0.300 e. The van der Waals surface area contributed by atoms with Crippen LogP contribution in [0.3, 0.4) is 0 Å². The minimum Gasteiger partial charge on any atom is -0.300 e. The zero-order chi connectivity index (χ0) is 11.1. The second-order valence-electron chi connectivity index (χ2n) is 4.65. The molecule has 14 heavy (non-hydrogen) atoms. The molecule has 0 aromatic heterocycles. The zero-order valence-electron chi connectivity index (χ0n) is 10.2. The molecule has 0 N–H and O–H groups in total. The van der Waals surface area contributed by atoms with Crippen molar-refractivity contribution in [1.82, 2.24) is 0 Å². The van der Waals surface area contributed by atoms with Gasteiger partial charge in [-0.05, 0) is 36.7 Å². The molecule has 0 heterocycles. The molecule has 0 saturated heterocycles. The molecule has 0 aromatic rings. The highest BCUT2D eigenvalue weighted by Crippen LogP contribution is 2.20. The molecular weight excluding hydrogens is 192 g/mol. The monoisotopic (exact) mass is 216 g/mol. The van der Waals surface area contributed by atoms with E-state index in [2.05, 4.69) is 27.7 Å². The van der Waals surface area contributed by atoms with Crippen LogP contribution >= 0.6 is 11.8 Å². The van der Waals surface area contributed by atoms with E-state index in [1.807, 2.05) is 11.8 Å². The van der Waals surface area contributed by atoms with Crippen LogP contribution in [-0.4, -0.2) is 16.8 Å². The van der Waals surface area contributed by atoms with Crippen LogP contribution in [0.15, 0.2) is 0 Å². The summed E-state index contributed by atoms with van der Waals surface area (Å²) < 4.78 is 0. The lowest BCUT2D eigenvalue weighted by molar-refractivity contribution is -0.121. The SMILES string of the molecule is CC(=O)C(CCSC(C)C)CC(C)C. The Labute approximate surface area is 93.0 Å². The maximum absolute atomic E-state index is 11.3. The number of carbonyl (C=O) groups is 1. The van der Waals surface area contributed by atoms with Gasteiger partial charge in [-0.15, -0.1) is 0 Å². The molecule has 0 aliphatic rings. The van der Waals surface area contributed by atoms with Gasteiger partial charge in [-0.2, -0.15) is 11.8 Å². The predicted molar refractivity (Wildman–Crippen MR) is 65.8 cm³/mol. The Bertz CT molecular complexity index is 164. The average Bonchev–Trinajstić information content (AvgIpc) is 2.00. The fraction of sp³-hybridized carbons (Fsp3) is 0.917. The molecule has 0 amide bonds. The summed E-state index contributed by atoms with van der Waals surface area (Å²) in [7, 11) is 0.